The van der Waals surface area contributed by atoms with E-state index in [1.54, 1.807) is 36.4 Å². The Morgan fingerprint density at radius 1 is 0.968 bits per heavy atom. The fraction of sp³-hybridized carbons (Fsp3) is 0.0455. The number of fused-ring (bicyclic) bond motifs is 1. The zero-order valence-corrected chi connectivity index (χ0v) is 16.4. The molecule has 3 aromatic carbocycles. The lowest BCUT2D eigenvalue weighted by Gasteiger charge is -2.10. The minimum Gasteiger partial charge on any atom is -0.434 e. The third kappa shape index (κ3) is 4.56. The molecule has 1 amide bonds. The Labute approximate surface area is 176 Å². The second-order valence-electron chi connectivity index (χ2n) is 6.63. The van der Waals surface area contributed by atoms with Crippen LogP contribution in [0.25, 0.3) is 10.8 Å². The van der Waals surface area contributed by atoms with Crippen LogP contribution < -0.4 is 15.4 Å². The van der Waals surface area contributed by atoms with E-state index in [-0.39, 0.29) is 23.3 Å². The summed E-state index contributed by atoms with van der Waals surface area (Å²) in [5, 5.41) is 19.3. The summed E-state index contributed by atoms with van der Waals surface area (Å²) in [4.78, 5) is 30.3. The number of benzene rings is 3. The van der Waals surface area contributed by atoms with Crippen LogP contribution >= 0.6 is 0 Å². The van der Waals surface area contributed by atoms with Gasteiger partial charge < -0.3 is 15.4 Å². The molecule has 154 valence electrons. The largest absolute Gasteiger partial charge is 0.434 e. The average molecular weight is 415 g/mol. The first-order chi connectivity index (χ1) is 15.0. The van der Waals surface area contributed by atoms with Gasteiger partial charge >= 0.3 is 11.6 Å². The highest BCUT2D eigenvalue weighted by molar-refractivity contribution is 5.89. The molecule has 31 heavy (non-hydrogen) atoms. The molecule has 9 nitrogen and oxygen atoms in total. The van der Waals surface area contributed by atoms with Crippen molar-refractivity contribution in [2.24, 2.45) is 0 Å². The van der Waals surface area contributed by atoms with Gasteiger partial charge in [-0.25, -0.2) is 4.98 Å². The molecule has 4 aromatic rings. The number of nitro groups is 1. The predicted octanol–water partition coefficient (Wildman–Crippen LogP) is 5.03. The van der Waals surface area contributed by atoms with Crippen molar-refractivity contribution in [2.75, 3.05) is 10.6 Å². The quantitative estimate of drug-likeness (QED) is 0.335. The Bertz CT molecular complexity index is 1270. The maximum Gasteiger partial charge on any atom is 0.373 e. The van der Waals surface area contributed by atoms with Crippen molar-refractivity contribution in [2.45, 2.75) is 6.92 Å². The van der Waals surface area contributed by atoms with Crippen molar-refractivity contribution in [3.05, 3.63) is 83.2 Å². The molecule has 0 saturated carbocycles. The van der Waals surface area contributed by atoms with E-state index >= 15 is 0 Å². The molecular weight excluding hydrogens is 398 g/mol. The van der Waals surface area contributed by atoms with Crippen LogP contribution in [0.15, 0.2) is 73.1 Å². The number of nitrogens with zero attached hydrogens (tertiary/aromatic N) is 3. The van der Waals surface area contributed by atoms with Gasteiger partial charge in [-0.1, -0.05) is 30.3 Å². The van der Waals surface area contributed by atoms with Crippen LogP contribution in [0, 0.1) is 10.1 Å². The molecule has 0 fully saturated rings. The van der Waals surface area contributed by atoms with E-state index < -0.39 is 4.92 Å². The molecule has 0 bridgehead atoms. The van der Waals surface area contributed by atoms with Gasteiger partial charge in [-0.3, -0.25) is 14.9 Å². The lowest BCUT2D eigenvalue weighted by molar-refractivity contribution is -0.385. The van der Waals surface area contributed by atoms with Gasteiger partial charge in [-0.15, -0.1) is 0 Å². The molecule has 0 saturated heterocycles. The van der Waals surface area contributed by atoms with Gasteiger partial charge in [0.15, 0.2) is 0 Å². The minimum atomic E-state index is -0.593. The summed E-state index contributed by atoms with van der Waals surface area (Å²) in [6.07, 6.45) is 1.19. The normalized spacial score (nSPS) is 10.5. The summed E-state index contributed by atoms with van der Waals surface area (Å²) in [6.45, 7) is 1.41. The fourth-order valence-corrected chi connectivity index (χ4v) is 3.01. The standard InChI is InChI=1S/C22H17N5O4/c1-14(28)25-17-7-9-18(10-8-17)26-21-20(27(29)30)22(24-13-23-21)31-19-11-6-15-4-2-3-5-16(15)12-19/h2-13H,1H3,(H,25,28)(H,23,24,26). The summed E-state index contributed by atoms with van der Waals surface area (Å²) in [6, 6.07) is 19.8. The van der Waals surface area contributed by atoms with E-state index in [0.717, 1.165) is 10.8 Å². The number of aromatic nitrogens is 2. The molecule has 0 aliphatic carbocycles. The number of hydrogen-bond acceptors (Lipinski definition) is 7. The lowest BCUT2D eigenvalue weighted by Crippen LogP contribution is -2.06. The van der Waals surface area contributed by atoms with Crippen molar-refractivity contribution in [1.82, 2.24) is 9.97 Å². The molecule has 0 atom stereocenters. The molecule has 1 heterocycles. The maximum absolute atomic E-state index is 11.8. The van der Waals surface area contributed by atoms with Crippen LogP contribution in [-0.4, -0.2) is 20.8 Å². The predicted molar refractivity (Wildman–Crippen MR) is 117 cm³/mol. The number of carbonyl (C=O) groups is 1. The van der Waals surface area contributed by atoms with Crippen LogP contribution in [0.1, 0.15) is 6.92 Å². The second-order valence-corrected chi connectivity index (χ2v) is 6.63. The number of carbonyl (C=O) groups excluding carboxylic acids is 1. The Morgan fingerprint density at radius 3 is 2.39 bits per heavy atom. The number of amides is 1. The number of nitrogens with one attached hydrogen (secondary N) is 2. The van der Waals surface area contributed by atoms with E-state index in [0.29, 0.717) is 17.1 Å². The summed E-state index contributed by atoms with van der Waals surface area (Å²) >= 11 is 0. The van der Waals surface area contributed by atoms with Crippen LogP contribution in [-0.2, 0) is 4.79 Å². The van der Waals surface area contributed by atoms with Gasteiger partial charge in [-0.05, 0) is 47.2 Å². The van der Waals surface area contributed by atoms with Crippen LogP contribution in [0.2, 0.25) is 0 Å². The summed E-state index contributed by atoms with van der Waals surface area (Å²) in [7, 11) is 0. The van der Waals surface area contributed by atoms with Crippen molar-refractivity contribution in [1.29, 1.82) is 0 Å². The van der Waals surface area contributed by atoms with E-state index in [1.165, 1.54) is 13.3 Å². The van der Waals surface area contributed by atoms with Crippen LogP contribution in [0.3, 0.4) is 0 Å². The highest BCUT2D eigenvalue weighted by Gasteiger charge is 2.25. The first-order valence-electron chi connectivity index (χ1n) is 9.30. The number of hydrogen-bond donors (Lipinski definition) is 2. The smallest absolute Gasteiger partial charge is 0.373 e. The van der Waals surface area contributed by atoms with Gasteiger partial charge in [0.05, 0.1) is 4.92 Å². The van der Waals surface area contributed by atoms with E-state index in [1.807, 2.05) is 30.3 Å². The van der Waals surface area contributed by atoms with E-state index in [9.17, 15) is 14.9 Å². The minimum absolute atomic E-state index is 0.0110. The summed E-state index contributed by atoms with van der Waals surface area (Å²) in [5.41, 5.74) is 0.768. The molecule has 0 aliphatic heterocycles. The highest BCUT2D eigenvalue weighted by Crippen LogP contribution is 2.36. The Balaban J connectivity index is 1.63. The molecule has 4 rings (SSSR count). The molecule has 0 aliphatic rings. The van der Waals surface area contributed by atoms with Crippen molar-refractivity contribution < 1.29 is 14.5 Å². The van der Waals surface area contributed by atoms with Gasteiger partial charge in [0.1, 0.15) is 12.1 Å². The van der Waals surface area contributed by atoms with Crippen LogP contribution in [0.5, 0.6) is 11.6 Å². The van der Waals surface area contributed by atoms with E-state index in [2.05, 4.69) is 20.6 Å². The molecular formula is C22H17N5O4. The molecule has 2 N–H and O–H groups in total. The fourth-order valence-electron chi connectivity index (χ4n) is 3.01. The highest BCUT2D eigenvalue weighted by atomic mass is 16.6. The Morgan fingerprint density at radius 2 is 1.68 bits per heavy atom. The topological polar surface area (TPSA) is 119 Å². The van der Waals surface area contributed by atoms with Crippen molar-refractivity contribution >= 4 is 39.6 Å². The SMILES string of the molecule is CC(=O)Nc1ccc(Nc2ncnc(Oc3ccc4ccccc4c3)c2[N+](=O)[O-])cc1. The zero-order valence-electron chi connectivity index (χ0n) is 16.4. The van der Waals surface area contributed by atoms with E-state index in [4.69, 9.17) is 4.74 Å². The molecule has 0 radical (unpaired) electrons. The maximum atomic E-state index is 11.8. The first kappa shape index (κ1) is 19.8. The molecule has 1 aromatic heterocycles. The van der Waals surface area contributed by atoms with Gasteiger partial charge in [0.2, 0.25) is 11.7 Å². The molecule has 0 spiro atoms. The van der Waals surface area contributed by atoms with Crippen molar-refractivity contribution in [3.63, 3.8) is 0 Å². The summed E-state index contributed by atoms with van der Waals surface area (Å²) < 4.78 is 5.74. The summed E-state index contributed by atoms with van der Waals surface area (Å²) in [5.74, 6) is 0.0458. The second kappa shape index (κ2) is 8.46. The third-order valence-corrected chi connectivity index (χ3v) is 4.37. The first-order valence-corrected chi connectivity index (χ1v) is 9.30. The number of rotatable bonds is 6. The third-order valence-electron chi connectivity index (χ3n) is 4.37. The number of anilines is 3. The molecule has 9 heteroatoms. The zero-order chi connectivity index (χ0) is 21.8. The van der Waals surface area contributed by atoms with Gasteiger partial charge in [-0.2, -0.15) is 4.98 Å². The van der Waals surface area contributed by atoms with Crippen molar-refractivity contribution in [3.8, 4) is 11.6 Å². The van der Waals surface area contributed by atoms with Crippen LogP contribution in [0.4, 0.5) is 22.9 Å². The molecule has 0 unspecified atom stereocenters. The average Bonchev–Trinajstić information content (AvgIpc) is 2.74. The monoisotopic (exact) mass is 415 g/mol. The Hall–Kier alpha value is -4.53. The Kier molecular flexibility index (Phi) is 5.39. The number of ether oxygens (including phenoxy) is 1. The van der Waals surface area contributed by atoms with Gasteiger partial charge in [0, 0.05) is 18.3 Å². The lowest BCUT2D eigenvalue weighted by atomic mass is 10.1. The van der Waals surface area contributed by atoms with Gasteiger partial charge in [0.25, 0.3) is 0 Å².